The van der Waals surface area contributed by atoms with Gasteiger partial charge in [0.2, 0.25) is 0 Å². The van der Waals surface area contributed by atoms with Gasteiger partial charge in [-0.1, -0.05) is 32.0 Å². The zero-order valence-electron chi connectivity index (χ0n) is 16.1. The van der Waals surface area contributed by atoms with E-state index >= 15 is 0 Å². The molecule has 136 valence electrons. The van der Waals surface area contributed by atoms with Crippen LogP contribution in [0.2, 0.25) is 0 Å². The number of hydrogen-bond donors (Lipinski definition) is 1. The van der Waals surface area contributed by atoms with E-state index in [2.05, 4.69) is 52.0 Å². The first-order valence-electron chi connectivity index (χ1n) is 8.95. The highest BCUT2D eigenvalue weighted by molar-refractivity contribution is 7.41. The van der Waals surface area contributed by atoms with Crippen molar-refractivity contribution in [3.05, 3.63) is 52.1 Å². The van der Waals surface area contributed by atoms with E-state index < -0.39 is 8.60 Å². The zero-order valence-corrected chi connectivity index (χ0v) is 17.0. The first kappa shape index (κ1) is 19.9. The van der Waals surface area contributed by atoms with Crippen molar-refractivity contribution in [1.29, 1.82) is 0 Å². The van der Waals surface area contributed by atoms with E-state index in [1.165, 1.54) is 27.8 Å². The molecule has 0 bridgehead atoms. The first-order valence-corrected chi connectivity index (χ1v) is 10.1. The van der Waals surface area contributed by atoms with Gasteiger partial charge in [0.1, 0.15) is 5.75 Å². The fourth-order valence-electron chi connectivity index (χ4n) is 3.01. The molecule has 0 aromatic heterocycles. The summed E-state index contributed by atoms with van der Waals surface area (Å²) >= 11 is 0. The van der Waals surface area contributed by atoms with Crippen LogP contribution in [-0.4, -0.2) is 11.5 Å². The van der Waals surface area contributed by atoms with Crippen molar-refractivity contribution in [1.82, 2.24) is 0 Å². The Morgan fingerprint density at radius 3 is 1.96 bits per heavy atom. The number of hydrogen-bond acceptors (Lipinski definition) is 3. The Kier molecular flexibility index (Phi) is 7.01. The molecule has 0 aliphatic carbocycles. The molecule has 25 heavy (non-hydrogen) atoms. The molecule has 2 aromatic rings. The molecule has 2 aromatic carbocycles. The van der Waals surface area contributed by atoms with Gasteiger partial charge in [0.25, 0.3) is 0 Å². The summed E-state index contributed by atoms with van der Waals surface area (Å²) in [7, 11) is -1.92. The molecule has 0 aliphatic rings. The third kappa shape index (κ3) is 4.61. The van der Waals surface area contributed by atoms with Crippen LogP contribution in [-0.2, 0) is 17.4 Å². The van der Waals surface area contributed by atoms with Crippen molar-refractivity contribution in [2.75, 3.05) is 6.61 Å². The van der Waals surface area contributed by atoms with E-state index in [9.17, 15) is 4.89 Å². The Labute approximate surface area is 153 Å². The second-order valence-corrected chi connectivity index (χ2v) is 7.25. The summed E-state index contributed by atoms with van der Waals surface area (Å²) in [5.41, 5.74) is 8.31. The maximum Gasteiger partial charge on any atom is 0.394 e. The standard InChI is InChI=1S/C21H29O3P/c1-7-17-10-14(4)16(6)19(12-17)20-13-18(8-2)11-15(5)21(20)24-25(22)23-9-3/h10-13,22H,7-9H2,1-6H3. The summed E-state index contributed by atoms with van der Waals surface area (Å²) in [6.07, 6.45) is 1.95. The van der Waals surface area contributed by atoms with E-state index in [0.29, 0.717) is 6.61 Å². The maximum absolute atomic E-state index is 10.1. The van der Waals surface area contributed by atoms with E-state index in [0.717, 1.165) is 29.7 Å². The lowest BCUT2D eigenvalue weighted by molar-refractivity contribution is 0.274. The van der Waals surface area contributed by atoms with Crippen LogP contribution < -0.4 is 4.52 Å². The SMILES string of the molecule is CCOP(O)Oc1c(C)cc(CC)cc1-c1cc(CC)cc(C)c1C. The molecule has 3 nitrogen and oxygen atoms in total. The van der Waals surface area contributed by atoms with Crippen molar-refractivity contribution in [3.8, 4) is 16.9 Å². The van der Waals surface area contributed by atoms with Crippen LogP contribution in [0, 0.1) is 20.8 Å². The Balaban J connectivity index is 2.66. The highest BCUT2D eigenvalue weighted by Crippen LogP contribution is 2.44. The Bertz CT molecular complexity index is 740. The maximum atomic E-state index is 10.1. The van der Waals surface area contributed by atoms with Crippen LogP contribution in [0.15, 0.2) is 24.3 Å². The molecular weight excluding hydrogens is 331 g/mol. The lowest BCUT2D eigenvalue weighted by Gasteiger charge is -2.20. The molecule has 0 radical (unpaired) electrons. The average Bonchev–Trinajstić information content (AvgIpc) is 2.59. The molecule has 0 saturated heterocycles. The number of rotatable bonds is 7. The predicted octanol–water partition coefficient (Wildman–Crippen LogP) is 6.04. The molecule has 1 unspecified atom stereocenters. The van der Waals surface area contributed by atoms with Crippen LogP contribution in [0.5, 0.6) is 5.75 Å². The lowest BCUT2D eigenvalue weighted by atomic mass is 9.90. The van der Waals surface area contributed by atoms with E-state index in [1.807, 2.05) is 13.8 Å². The smallest absolute Gasteiger partial charge is 0.394 e. The quantitative estimate of drug-likeness (QED) is 0.612. The average molecular weight is 360 g/mol. The van der Waals surface area contributed by atoms with Gasteiger partial charge >= 0.3 is 8.60 Å². The van der Waals surface area contributed by atoms with Crippen molar-refractivity contribution in [2.45, 2.75) is 54.4 Å². The zero-order chi connectivity index (χ0) is 18.6. The van der Waals surface area contributed by atoms with Crippen LogP contribution >= 0.6 is 8.60 Å². The van der Waals surface area contributed by atoms with Gasteiger partial charge < -0.3 is 13.9 Å². The van der Waals surface area contributed by atoms with Crippen LogP contribution in [0.3, 0.4) is 0 Å². The summed E-state index contributed by atoms with van der Waals surface area (Å²) in [5, 5.41) is 0. The molecular formula is C21H29O3P. The molecule has 1 atom stereocenters. The minimum Gasteiger partial charge on any atom is -0.426 e. The topological polar surface area (TPSA) is 38.7 Å². The van der Waals surface area contributed by atoms with Crippen molar-refractivity contribution in [3.63, 3.8) is 0 Å². The normalized spacial score (nSPS) is 12.3. The third-order valence-corrected chi connectivity index (χ3v) is 5.39. The summed E-state index contributed by atoms with van der Waals surface area (Å²) in [5.74, 6) is 0.718. The summed E-state index contributed by atoms with van der Waals surface area (Å²) in [6, 6.07) is 8.79. The molecule has 2 rings (SSSR count). The van der Waals surface area contributed by atoms with Crippen LogP contribution in [0.25, 0.3) is 11.1 Å². The second kappa shape index (κ2) is 8.80. The summed E-state index contributed by atoms with van der Waals surface area (Å²) in [6.45, 7) is 12.9. The molecule has 0 heterocycles. The largest absolute Gasteiger partial charge is 0.426 e. The third-order valence-electron chi connectivity index (χ3n) is 4.58. The highest BCUT2D eigenvalue weighted by Gasteiger charge is 2.19. The Morgan fingerprint density at radius 1 is 0.840 bits per heavy atom. The molecule has 4 heteroatoms. The molecule has 0 spiro atoms. The predicted molar refractivity (Wildman–Crippen MR) is 106 cm³/mol. The fourth-order valence-corrected chi connectivity index (χ4v) is 3.68. The second-order valence-electron chi connectivity index (χ2n) is 6.33. The van der Waals surface area contributed by atoms with Crippen molar-refractivity contribution in [2.24, 2.45) is 0 Å². The fraction of sp³-hybridized carbons (Fsp3) is 0.429. The molecule has 0 amide bonds. The van der Waals surface area contributed by atoms with E-state index in [1.54, 1.807) is 0 Å². The number of aryl methyl sites for hydroxylation is 4. The van der Waals surface area contributed by atoms with Crippen LogP contribution in [0.1, 0.15) is 48.6 Å². The van der Waals surface area contributed by atoms with Crippen molar-refractivity contribution >= 4 is 8.60 Å². The van der Waals surface area contributed by atoms with E-state index in [-0.39, 0.29) is 0 Å². The Hall–Kier alpha value is -1.41. The van der Waals surface area contributed by atoms with Gasteiger partial charge in [-0.15, -0.1) is 0 Å². The van der Waals surface area contributed by atoms with Crippen molar-refractivity contribution < 1.29 is 13.9 Å². The monoisotopic (exact) mass is 360 g/mol. The molecule has 1 N–H and O–H groups in total. The van der Waals surface area contributed by atoms with Gasteiger partial charge in [-0.25, -0.2) is 0 Å². The van der Waals surface area contributed by atoms with Gasteiger partial charge in [-0.2, -0.15) is 0 Å². The van der Waals surface area contributed by atoms with Crippen LogP contribution in [0.4, 0.5) is 0 Å². The minimum atomic E-state index is -1.92. The number of benzene rings is 2. The molecule has 0 fully saturated rings. The highest BCUT2D eigenvalue weighted by atomic mass is 31.2. The van der Waals surface area contributed by atoms with Gasteiger partial charge in [0.15, 0.2) is 0 Å². The van der Waals surface area contributed by atoms with Gasteiger partial charge in [0.05, 0.1) is 6.61 Å². The summed E-state index contributed by atoms with van der Waals surface area (Å²) in [4.78, 5) is 10.1. The molecule has 0 aliphatic heterocycles. The van der Waals surface area contributed by atoms with Gasteiger partial charge in [0, 0.05) is 5.56 Å². The van der Waals surface area contributed by atoms with Gasteiger partial charge in [-0.05, 0) is 80.0 Å². The first-order chi connectivity index (χ1) is 11.9. The minimum absolute atomic E-state index is 0.424. The molecule has 0 saturated carbocycles. The Morgan fingerprint density at radius 2 is 1.40 bits per heavy atom. The van der Waals surface area contributed by atoms with Gasteiger partial charge in [-0.3, -0.25) is 0 Å². The van der Waals surface area contributed by atoms with E-state index in [4.69, 9.17) is 9.05 Å². The summed E-state index contributed by atoms with van der Waals surface area (Å²) < 4.78 is 11.1. The lowest BCUT2D eigenvalue weighted by Crippen LogP contribution is -1.99.